The van der Waals surface area contributed by atoms with Crippen molar-refractivity contribution in [1.29, 1.82) is 0 Å². The van der Waals surface area contributed by atoms with Gasteiger partial charge in [0.1, 0.15) is 11.6 Å². The van der Waals surface area contributed by atoms with Crippen LogP contribution < -0.4 is 10.9 Å². The molecule has 3 rings (SSSR count). The van der Waals surface area contributed by atoms with Crippen LogP contribution in [0.5, 0.6) is 0 Å². The minimum Gasteiger partial charge on any atom is -0.383 e. The van der Waals surface area contributed by atoms with E-state index in [4.69, 9.17) is 16.3 Å². The molecule has 0 bridgehead atoms. The van der Waals surface area contributed by atoms with Crippen molar-refractivity contribution >= 4 is 45.9 Å². The number of amides is 1. The molecule has 0 unspecified atom stereocenters. The zero-order chi connectivity index (χ0) is 21.0. The lowest BCUT2D eigenvalue weighted by molar-refractivity contribution is -0.113. The highest BCUT2D eigenvalue weighted by atomic mass is 35.5. The predicted octanol–water partition coefficient (Wildman–Crippen LogP) is 3.71. The molecule has 1 N–H and O–H groups in total. The molecule has 2 aromatic carbocycles. The van der Waals surface area contributed by atoms with E-state index in [1.807, 2.05) is 0 Å². The van der Waals surface area contributed by atoms with Gasteiger partial charge in [-0.15, -0.1) is 0 Å². The van der Waals surface area contributed by atoms with Crippen molar-refractivity contribution in [1.82, 2.24) is 9.55 Å². The minimum absolute atomic E-state index is 0.132. The maximum Gasteiger partial charge on any atom is 0.262 e. The van der Waals surface area contributed by atoms with Crippen LogP contribution in [0.4, 0.5) is 14.5 Å². The van der Waals surface area contributed by atoms with Gasteiger partial charge in [0, 0.05) is 18.2 Å². The number of thioether (sulfide) groups is 1. The molecule has 0 spiro atoms. The van der Waals surface area contributed by atoms with Crippen molar-refractivity contribution < 1.29 is 18.3 Å². The molecule has 0 aliphatic heterocycles. The van der Waals surface area contributed by atoms with Crippen molar-refractivity contribution in [3.05, 3.63) is 63.4 Å². The van der Waals surface area contributed by atoms with E-state index in [1.165, 1.54) is 11.7 Å². The highest BCUT2D eigenvalue weighted by Crippen LogP contribution is 2.21. The van der Waals surface area contributed by atoms with Crippen LogP contribution in [0.15, 0.2) is 46.3 Å². The number of nitrogens with one attached hydrogen (secondary N) is 1. The monoisotopic (exact) mass is 439 g/mol. The molecule has 3 aromatic rings. The third-order valence-electron chi connectivity index (χ3n) is 3.94. The first-order chi connectivity index (χ1) is 13.9. The summed E-state index contributed by atoms with van der Waals surface area (Å²) in [4.78, 5) is 29.4. The van der Waals surface area contributed by atoms with Crippen LogP contribution in [0.2, 0.25) is 5.02 Å². The number of fused-ring (bicyclic) bond motifs is 1. The standard InChI is InChI=1S/C19H16ClF2N3O3S/c1-28-7-6-25-18(27)13-4-2-11(20)8-16(13)24-19(25)29-10-17(26)23-15-5-3-12(21)9-14(15)22/h2-5,8-9H,6-7,10H2,1H3,(H,23,26). The van der Waals surface area contributed by atoms with Gasteiger partial charge >= 0.3 is 0 Å². The summed E-state index contributed by atoms with van der Waals surface area (Å²) in [6, 6.07) is 7.62. The number of anilines is 1. The number of aromatic nitrogens is 2. The van der Waals surface area contributed by atoms with Crippen LogP contribution in [0.25, 0.3) is 10.9 Å². The fraction of sp³-hybridized carbons (Fsp3) is 0.211. The van der Waals surface area contributed by atoms with Crippen molar-refractivity contribution in [3.8, 4) is 0 Å². The Bertz CT molecular complexity index is 1120. The highest BCUT2D eigenvalue weighted by Gasteiger charge is 2.15. The van der Waals surface area contributed by atoms with Crippen LogP contribution in [0, 0.1) is 11.6 Å². The van der Waals surface area contributed by atoms with E-state index in [-0.39, 0.29) is 30.2 Å². The molecular formula is C19H16ClF2N3O3S. The lowest BCUT2D eigenvalue weighted by Gasteiger charge is -2.13. The molecule has 6 nitrogen and oxygen atoms in total. The number of hydrogen-bond donors (Lipinski definition) is 1. The van der Waals surface area contributed by atoms with E-state index in [2.05, 4.69) is 10.3 Å². The number of halogens is 3. The van der Waals surface area contributed by atoms with Gasteiger partial charge in [-0.3, -0.25) is 14.2 Å². The average Bonchev–Trinajstić information content (AvgIpc) is 2.68. The molecule has 0 aliphatic rings. The van der Waals surface area contributed by atoms with Crippen molar-refractivity contribution in [2.75, 3.05) is 24.8 Å². The lowest BCUT2D eigenvalue weighted by atomic mass is 10.2. The van der Waals surface area contributed by atoms with E-state index < -0.39 is 17.5 Å². The van der Waals surface area contributed by atoms with E-state index in [1.54, 1.807) is 18.2 Å². The van der Waals surface area contributed by atoms with Crippen LogP contribution in [-0.4, -0.2) is 34.9 Å². The Morgan fingerprint density at radius 1 is 1.28 bits per heavy atom. The minimum atomic E-state index is -0.876. The number of methoxy groups -OCH3 is 1. The number of rotatable bonds is 7. The molecule has 0 radical (unpaired) electrons. The van der Waals surface area contributed by atoms with Crippen LogP contribution >= 0.6 is 23.4 Å². The number of hydrogen-bond acceptors (Lipinski definition) is 5. The smallest absolute Gasteiger partial charge is 0.262 e. The summed E-state index contributed by atoms with van der Waals surface area (Å²) >= 11 is 7.00. The Morgan fingerprint density at radius 3 is 2.79 bits per heavy atom. The summed E-state index contributed by atoms with van der Waals surface area (Å²) in [6.07, 6.45) is 0. The summed E-state index contributed by atoms with van der Waals surface area (Å²) in [5.41, 5.74) is -0.00752. The quantitative estimate of drug-likeness (QED) is 0.449. The predicted molar refractivity (Wildman–Crippen MR) is 109 cm³/mol. The highest BCUT2D eigenvalue weighted by molar-refractivity contribution is 7.99. The maximum atomic E-state index is 13.7. The van der Waals surface area contributed by atoms with Crippen molar-refractivity contribution in [3.63, 3.8) is 0 Å². The molecule has 1 aromatic heterocycles. The first-order valence-corrected chi connectivity index (χ1v) is 9.82. The fourth-order valence-corrected chi connectivity index (χ4v) is 3.56. The molecule has 10 heteroatoms. The number of carbonyl (C=O) groups excluding carboxylic acids is 1. The molecule has 152 valence electrons. The molecule has 1 heterocycles. The third kappa shape index (κ3) is 5.11. The van der Waals surface area contributed by atoms with Crippen LogP contribution in [0.1, 0.15) is 0 Å². The third-order valence-corrected chi connectivity index (χ3v) is 5.15. The second-order valence-electron chi connectivity index (χ2n) is 5.97. The molecule has 0 atom stereocenters. The van der Waals surface area contributed by atoms with E-state index in [0.29, 0.717) is 27.1 Å². The second-order valence-corrected chi connectivity index (χ2v) is 7.35. The number of nitrogens with zero attached hydrogens (tertiary/aromatic N) is 2. The van der Waals surface area contributed by atoms with Gasteiger partial charge < -0.3 is 10.1 Å². The fourth-order valence-electron chi connectivity index (χ4n) is 2.57. The molecule has 0 saturated carbocycles. The Balaban J connectivity index is 1.83. The number of benzene rings is 2. The summed E-state index contributed by atoms with van der Waals surface area (Å²) in [5.74, 6) is -2.28. The summed E-state index contributed by atoms with van der Waals surface area (Å²) in [5, 5.41) is 3.50. The van der Waals surface area contributed by atoms with Gasteiger partial charge in [-0.2, -0.15) is 0 Å². The molecule has 0 fully saturated rings. The summed E-state index contributed by atoms with van der Waals surface area (Å²) in [6.45, 7) is 0.526. The topological polar surface area (TPSA) is 73.2 Å². The Hall–Kier alpha value is -2.49. The van der Waals surface area contributed by atoms with Gasteiger partial charge in [0.05, 0.1) is 35.5 Å². The Kier molecular flexibility index (Phi) is 6.83. The molecule has 1 amide bonds. The van der Waals surface area contributed by atoms with E-state index in [0.717, 1.165) is 23.9 Å². The molecule has 0 aliphatic carbocycles. The van der Waals surface area contributed by atoms with Gasteiger partial charge in [-0.1, -0.05) is 23.4 Å². The van der Waals surface area contributed by atoms with Crippen molar-refractivity contribution in [2.45, 2.75) is 11.7 Å². The summed E-state index contributed by atoms with van der Waals surface area (Å²) < 4.78 is 33.1. The van der Waals surface area contributed by atoms with Gasteiger partial charge in [0.2, 0.25) is 5.91 Å². The second kappa shape index (κ2) is 9.34. The maximum absolute atomic E-state index is 13.7. The Morgan fingerprint density at radius 2 is 2.07 bits per heavy atom. The Labute approximate surface area is 173 Å². The largest absolute Gasteiger partial charge is 0.383 e. The van der Waals surface area contributed by atoms with Crippen LogP contribution in [-0.2, 0) is 16.1 Å². The van der Waals surface area contributed by atoms with E-state index >= 15 is 0 Å². The van der Waals surface area contributed by atoms with E-state index in [9.17, 15) is 18.4 Å². The van der Waals surface area contributed by atoms with Crippen molar-refractivity contribution in [2.24, 2.45) is 0 Å². The SMILES string of the molecule is COCCn1c(SCC(=O)Nc2ccc(F)cc2F)nc2cc(Cl)ccc2c1=O. The molecular weight excluding hydrogens is 424 g/mol. The average molecular weight is 440 g/mol. The van der Waals surface area contributed by atoms with Gasteiger partial charge in [0.25, 0.3) is 5.56 Å². The zero-order valence-corrected chi connectivity index (χ0v) is 16.8. The molecule has 0 saturated heterocycles. The van der Waals surface area contributed by atoms with Gasteiger partial charge in [0.15, 0.2) is 5.16 Å². The first-order valence-electron chi connectivity index (χ1n) is 8.46. The van der Waals surface area contributed by atoms with Crippen LogP contribution in [0.3, 0.4) is 0 Å². The first kappa shape index (κ1) is 21.2. The normalized spacial score (nSPS) is 11.0. The van der Waals surface area contributed by atoms with Gasteiger partial charge in [-0.25, -0.2) is 13.8 Å². The lowest BCUT2D eigenvalue weighted by Crippen LogP contribution is -2.26. The van der Waals surface area contributed by atoms with Gasteiger partial charge in [-0.05, 0) is 30.3 Å². The zero-order valence-electron chi connectivity index (χ0n) is 15.2. The molecule has 29 heavy (non-hydrogen) atoms. The number of ether oxygens (including phenoxy) is 1. The number of carbonyl (C=O) groups is 1. The summed E-state index contributed by atoms with van der Waals surface area (Å²) in [7, 11) is 1.51.